The molecule has 0 rings (SSSR count). The molecule has 0 saturated heterocycles. The van der Waals surface area contributed by atoms with Crippen molar-refractivity contribution < 1.29 is 4.79 Å². The molecular weight excluding hydrogens is 260 g/mol. The fourth-order valence-electron chi connectivity index (χ4n) is 2.77. The summed E-state index contributed by atoms with van der Waals surface area (Å²) < 4.78 is 0. The van der Waals surface area contributed by atoms with Crippen LogP contribution in [0, 0.1) is 22.7 Å². The molecule has 0 heterocycles. The number of carbonyl (C=O) groups excluding carboxylic acids is 1. The van der Waals surface area contributed by atoms with Gasteiger partial charge < -0.3 is 5.32 Å². The van der Waals surface area contributed by atoms with Gasteiger partial charge in [0.2, 0.25) is 5.91 Å². The quantitative estimate of drug-likeness (QED) is 0.525. The largest absolute Gasteiger partial charge is 0.355 e. The molecule has 3 nitrogen and oxygen atoms in total. The van der Waals surface area contributed by atoms with Crippen LogP contribution in [0.3, 0.4) is 0 Å². The maximum Gasteiger partial charge on any atom is 0.240 e. The van der Waals surface area contributed by atoms with Gasteiger partial charge in [0.05, 0.1) is 6.07 Å². The molecule has 0 saturated carbocycles. The van der Waals surface area contributed by atoms with Crippen LogP contribution in [0.5, 0.6) is 0 Å². The first kappa shape index (κ1) is 20.0. The van der Waals surface area contributed by atoms with Crippen LogP contribution in [0.4, 0.5) is 0 Å². The van der Waals surface area contributed by atoms with Crippen LogP contribution in [0.25, 0.3) is 0 Å². The van der Waals surface area contributed by atoms with Crippen molar-refractivity contribution in [3.8, 4) is 6.07 Å². The third-order valence-corrected chi connectivity index (χ3v) is 4.00. The van der Waals surface area contributed by atoms with Gasteiger partial charge in [-0.1, -0.05) is 66.2 Å². The Morgan fingerprint density at radius 3 is 2.14 bits per heavy atom. The van der Waals surface area contributed by atoms with Crippen molar-refractivity contribution in [1.29, 1.82) is 5.26 Å². The van der Waals surface area contributed by atoms with Crippen molar-refractivity contribution in [1.82, 2.24) is 5.32 Å². The zero-order valence-electron chi connectivity index (χ0n) is 14.5. The minimum atomic E-state index is -0.804. The highest BCUT2D eigenvalue weighted by molar-refractivity contribution is 5.85. The van der Waals surface area contributed by atoms with Crippen LogP contribution >= 0.6 is 0 Å². The predicted octanol–water partition coefficient (Wildman–Crippen LogP) is 4.82. The summed E-state index contributed by atoms with van der Waals surface area (Å²) in [5.41, 5.74) is -0.804. The molecule has 0 radical (unpaired) electrons. The molecule has 21 heavy (non-hydrogen) atoms. The molecule has 0 aliphatic rings. The lowest BCUT2D eigenvalue weighted by Gasteiger charge is -2.24. The number of unbranched alkanes of at least 4 members (excludes halogenated alkanes) is 3. The molecule has 3 heteroatoms. The normalized spacial score (nSPS) is 11.4. The SMILES string of the molecule is CCCC(C#N)(CCC)C(=O)NCCCCCCC(C)C. The average Bonchev–Trinajstić information content (AvgIpc) is 2.45. The second-order valence-corrected chi connectivity index (χ2v) is 6.55. The minimum Gasteiger partial charge on any atom is -0.355 e. The van der Waals surface area contributed by atoms with Gasteiger partial charge in [-0.3, -0.25) is 4.79 Å². The maximum atomic E-state index is 12.3. The molecule has 0 spiro atoms. The molecule has 0 bridgehead atoms. The highest BCUT2D eigenvalue weighted by Crippen LogP contribution is 2.29. The van der Waals surface area contributed by atoms with E-state index in [1.165, 1.54) is 19.3 Å². The van der Waals surface area contributed by atoms with Gasteiger partial charge in [-0.2, -0.15) is 5.26 Å². The lowest BCUT2D eigenvalue weighted by molar-refractivity contribution is -0.128. The standard InChI is InChI=1S/C18H34N2O/c1-5-12-18(15-19,13-6-2)17(21)20-14-10-8-7-9-11-16(3)4/h16H,5-14H2,1-4H3,(H,20,21). The van der Waals surface area contributed by atoms with Gasteiger partial charge in [0.1, 0.15) is 5.41 Å². The Labute approximate surface area is 131 Å². The fraction of sp³-hybridized carbons (Fsp3) is 0.889. The number of hydrogen-bond donors (Lipinski definition) is 1. The second kappa shape index (κ2) is 11.6. The van der Waals surface area contributed by atoms with Gasteiger partial charge >= 0.3 is 0 Å². The highest BCUT2D eigenvalue weighted by atomic mass is 16.2. The summed E-state index contributed by atoms with van der Waals surface area (Å²) in [6.45, 7) is 9.27. The van der Waals surface area contributed by atoms with Crippen LogP contribution in [-0.2, 0) is 4.79 Å². The topological polar surface area (TPSA) is 52.9 Å². The highest BCUT2D eigenvalue weighted by Gasteiger charge is 2.36. The molecule has 0 aliphatic heterocycles. The Morgan fingerprint density at radius 2 is 1.67 bits per heavy atom. The summed E-state index contributed by atoms with van der Waals surface area (Å²) in [5.74, 6) is 0.722. The Hall–Kier alpha value is -1.04. The average molecular weight is 294 g/mol. The van der Waals surface area contributed by atoms with Crippen LogP contribution < -0.4 is 5.32 Å². The zero-order chi connectivity index (χ0) is 16.1. The van der Waals surface area contributed by atoms with Crippen LogP contribution in [0.15, 0.2) is 0 Å². The molecule has 0 aromatic carbocycles. The number of amides is 1. The Bertz CT molecular complexity index is 312. The number of nitrogens with one attached hydrogen (secondary N) is 1. The van der Waals surface area contributed by atoms with E-state index in [0.29, 0.717) is 19.4 Å². The third kappa shape index (κ3) is 8.09. The monoisotopic (exact) mass is 294 g/mol. The van der Waals surface area contributed by atoms with E-state index in [4.69, 9.17) is 0 Å². The molecule has 0 aromatic rings. The van der Waals surface area contributed by atoms with Crippen molar-refractivity contribution >= 4 is 5.91 Å². The van der Waals surface area contributed by atoms with Crippen molar-refractivity contribution in [2.24, 2.45) is 11.3 Å². The van der Waals surface area contributed by atoms with Gasteiger partial charge in [0, 0.05) is 6.54 Å². The van der Waals surface area contributed by atoms with Gasteiger partial charge in [0.15, 0.2) is 0 Å². The molecule has 0 fully saturated rings. The summed E-state index contributed by atoms with van der Waals surface area (Å²) in [6.07, 6.45) is 9.05. The lowest BCUT2D eigenvalue weighted by atomic mass is 9.80. The maximum absolute atomic E-state index is 12.3. The molecule has 0 atom stereocenters. The fourth-order valence-corrected chi connectivity index (χ4v) is 2.77. The Morgan fingerprint density at radius 1 is 1.10 bits per heavy atom. The van der Waals surface area contributed by atoms with Crippen molar-refractivity contribution in [2.45, 2.75) is 85.5 Å². The van der Waals surface area contributed by atoms with Gasteiger partial charge in [-0.25, -0.2) is 0 Å². The van der Waals surface area contributed by atoms with E-state index in [9.17, 15) is 10.1 Å². The Balaban J connectivity index is 4.02. The predicted molar refractivity (Wildman–Crippen MR) is 88.8 cm³/mol. The van der Waals surface area contributed by atoms with Crippen LogP contribution in [-0.4, -0.2) is 12.5 Å². The molecule has 0 aliphatic carbocycles. The number of nitrogens with zero attached hydrogens (tertiary/aromatic N) is 1. The van der Waals surface area contributed by atoms with Crippen molar-refractivity contribution in [3.05, 3.63) is 0 Å². The summed E-state index contributed by atoms with van der Waals surface area (Å²) in [7, 11) is 0. The molecule has 0 unspecified atom stereocenters. The first-order valence-corrected chi connectivity index (χ1v) is 8.72. The van der Waals surface area contributed by atoms with E-state index in [0.717, 1.165) is 31.6 Å². The number of nitriles is 1. The van der Waals surface area contributed by atoms with Crippen LogP contribution in [0.2, 0.25) is 0 Å². The zero-order valence-corrected chi connectivity index (χ0v) is 14.5. The van der Waals surface area contributed by atoms with Gasteiger partial charge in [-0.15, -0.1) is 0 Å². The lowest BCUT2D eigenvalue weighted by Crippen LogP contribution is -2.40. The molecule has 0 aromatic heterocycles. The summed E-state index contributed by atoms with van der Waals surface area (Å²) in [4.78, 5) is 12.3. The van der Waals surface area contributed by atoms with Gasteiger partial charge in [0.25, 0.3) is 0 Å². The third-order valence-electron chi connectivity index (χ3n) is 4.00. The van der Waals surface area contributed by atoms with Gasteiger partial charge in [-0.05, 0) is 25.2 Å². The van der Waals surface area contributed by atoms with E-state index in [2.05, 4.69) is 25.2 Å². The van der Waals surface area contributed by atoms with Crippen molar-refractivity contribution in [2.75, 3.05) is 6.54 Å². The molecular formula is C18H34N2O. The van der Waals surface area contributed by atoms with E-state index in [-0.39, 0.29) is 5.91 Å². The van der Waals surface area contributed by atoms with E-state index < -0.39 is 5.41 Å². The van der Waals surface area contributed by atoms with E-state index in [1.807, 2.05) is 13.8 Å². The first-order valence-electron chi connectivity index (χ1n) is 8.72. The summed E-state index contributed by atoms with van der Waals surface area (Å²) >= 11 is 0. The van der Waals surface area contributed by atoms with E-state index in [1.54, 1.807) is 0 Å². The number of hydrogen-bond acceptors (Lipinski definition) is 2. The minimum absolute atomic E-state index is 0.0594. The Kier molecular flexibility index (Phi) is 11.0. The molecule has 1 N–H and O–H groups in total. The number of carbonyl (C=O) groups is 1. The molecule has 1 amide bonds. The van der Waals surface area contributed by atoms with Crippen LogP contribution in [0.1, 0.15) is 85.5 Å². The van der Waals surface area contributed by atoms with E-state index >= 15 is 0 Å². The smallest absolute Gasteiger partial charge is 0.240 e. The summed E-state index contributed by atoms with van der Waals surface area (Å²) in [5, 5.41) is 12.4. The second-order valence-electron chi connectivity index (χ2n) is 6.55. The first-order chi connectivity index (χ1) is 10.0. The summed E-state index contributed by atoms with van der Waals surface area (Å²) in [6, 6.07) is 2.28. The molecule has 122 valence electrons. The van der Waals surface area contributed by atoms with Crippen molar-refractivity contribution in [3.63, 3.8) is 0 Å². The number of rotatable bonds is 12.